The van der Waals surface area contributed by atoms with Crippen LogP contribution in [0, 0.1) is 0 Å². The normalized spacial score (nSPS) is 22.9. The molecule has 0 bridgehead atoms. The van der Waals surface area contributed by atoms with E-state index in [1.165, 1.54) is 0 Å². The highest BCUT2D eigenvalue weighted by molar-refractivity contribution is 6.33. The SMILES string of the molecule is COc1cc(Cl)c(NC2CCOC2C)cc1OC. The van der Waals surface area contributed by atoms with Crippen molar-refractivity contribution in [3.05, 3.63) is 17.2 Å². The number of anilines is 1. The lowest BCUT2D eigenvalue weighted by atomic mass is 10.1. The minimum absolute atomic E-state index is 0.189. The van der Waals surface area contributed by atoms with Crippen molar-refractivity contribution in [1.29, 1.82) is 0 Å². The summed E-state index contributed by atoms with van der Waals surface area (Å²) in [6.07, 6.45) is 1.17. The Labute approximate surface area is 112 Å². The molecule has 1 aliphatic heterocycles. The van der Waals surface area contributed by atoms with E-state index in [0.29, 0.717) is 16.5 Å². The molecule has 1 saturated heterocycles. The molecule has 1 aromatic rings. The lowest BCUT2D eigenvalue weighted by Crippen LogP contribution is -2.26. The van der Waals surface area contributed by atoms with Crippen LogP contribution in [-0.4, -0.2) is 33.0 Å². The number of nitrogens with one attached hydrogen (secondary N) is 1. The zero-order chi connectivity index (χ0) is 13.1. The van der Waals surface area contributed by atoms with Crippen LogP contribution in [-0.2, 0) is 4.74 Å². The molecule has 100 valence electrons. The highest BCUT2D eigenvalue weighted by Crippen LogP contribution is 2.37. The fraction of sp³-hybridized carbons (Fsp3) is 0.538. The Bertz CT molecular complexity index is 425. The molecule has 18 heavy (non-hydrogen) atoms. The molecule has 1 heterocycles. The second kappa shape index (κ2) is 5.67. The predicted molar refractivity (Wildman–Crippen MR) is 72.0 cm³/mol. The summed E-state index contributed by atoms with van der Waals surface area (Å²) >= 11 is 6.22. The van der Waals surface area contributed by atoms with Crippen molar-refractivity contribution in [1.82, 2.24) is 0 Å². The van der Waals surface area contributed by atoms with Gasteiger partial charge in [-0.15, -0.1) is 0 Å². The molecule has 4 nitrogen and oxygen atoms in total. The van der Waals surface area contributed by atoms with Gasteiger partial charge in [-0.1, -0.05) is 11.6 Å². The molecule has 0 amide bonds. The fourth-order valence-electron chi connectivity index (χ4n) is 2.09. The van der Waals surface area contributed by atoms with Crippen LogP contribution in [0.15, 0.2) is 12.1 Å². The number of ether oxygens (including phenoxy) is 3. The van der Waals surface area contributed by atoms with E-state index in [9.17, 15) is 0 Å². The highest BCUT2D eigenvalue weighted by atomic mass is 35.5. The van der Waals surface area contributed by atoms with Gasteiger partial charge < -0.3 is 19.5 Å². The fourth-order valence-corrected chi connectivity index (χ4v) is 2.29. The first-order chi connectivity index (χ1) is 8.65. The first-order valence-electron chi connectivity index (χ1n) is 5.95. The Kier molecular flexibility index (Phi) is 4.19. The number of hydrogen-bond acceptors (Lipinski definition) is 4. The van der Waals surface area contributed by atoms with Gasteiger partial charge in [0.05, 0.1) is 37.1 Å². The van der Waals surface area contributed by atoms with E-state index in [-0.39, 0.29) is 12.1 Å². The van der Waals surface area contributed by atoms with Gasteiger partial charge in [-0.3, -0.25) is 0 Å². The van der Waals surface area contributed by atoms with Crippen LogP contribution in [0.1, 0.15) is 13.3 Å². The molecule has 1 fully saturated rings. The summed E-state index contributed by atoms with van der Waals surface area (Å²) in [5.41, 5.74) is 0.844. The van der Waals surface area contributed by atoms with Gasteiger partial charge in [0.15, 0.2) is 11.5 Å². The molecule has 1 N–H and O–H groups in total. The minimum Gasteiger partial charge on any atom is -0.493 e. The van der Waals surface area contributed by atoms with Gasteiger partial charge in [0.2, 0.25) is 0 Å². The number of rotatable bonds is 4. The van der Waals surface area contributed by atoms with Crippen molar-refractivity contribution in [2.45, 2.75) is 25.5 Å². The third-order valence-electron chi connectivity index (χ3n) is 3.19. The van der Waals surface area contributed by atoms with Crippen LogP contribution in [0.25, 0.3) is 0 Å². The number of hydrogen-bond donors (Lipinski definition) is 1. The second-order valence-corrected chi connectivity index (χ2v) is 4.71. The molecule has 1 aromatic carbocycles. The van der Waals surface area contributed by atoms with E-state index < -0.39 is 0 Å². The molecule has 0 radical (unpaired) electrons. The number of benzene rings is 1. The van der Waals surface area contributed by atoms with Crippen molar-refractivity contribution < 1.29 is 14.2 Å². The maximum absolute atomic E-state index is 6.22. The smallest absolute Gasteiger partial charge is 0.162 e. The number of methoxy groups -OCH3 is 2. The van der Waals surface area contributed by atoms with Gasteiger partial charge in [0, 0.05) is 18.7 Å². The van der Waals surface area contributed by atoms with Crippen LogP contribution in [0.3, 0.4) is 0 Å². The van der Waals surface area contributed by atoms with Gasteiger partial charge in [0.1, 0.15) is 0 Å². The van der Waals surface area contributed by atoms with E-state index in [2.05, 4.69) is 12.2 Å². The average Bonchev–Trinajstić information content (AvgIpc) is 2.77. The summed E-state index contributed by atoms with van der Waals surface area (Å²) in [6.45, 7) is 2.84. The summed E-state index contributed by atoms with van der Waals surface area (Å²) in [7, 11) is 3.20. The molecule has 0 saturated carbocycles. The first-order valence-corrected chi connectivity index (χ1v) is 6.33. The van der Waals surface area contributed by atoms with Crippen LogP contribution < -0.4 is 14.8 Å². The molecule has 2 unspecified atom stereocenters. The topological polar surface area (TPSA) is 39.7 Å². The summed E-state index contributed by atoms with van der Waals surface area (Å²) < 4.78 is 16.0. The Morgan fingerprint density at radius 1 is 1.28 bits per heavy atom. The van der Waals surface area contributed by atoms with E-state index in [1.807, 2.05) is 6.07 Å². The Hall–Kier alpha value is -1.13. The molecule has 2 rings (SSSR count). The standard InChI is InChI=1S/C13H18ClNO3/c1-8-10(4-5-18-8)15-11-7-13(17-3)12(16-2)6-9(11)14/h6-8,10,15H,4-5H2,1-3H3. The van der Waals surface area contributed by atoms with Crippen LogP contribution >= 0.6 is 11.6 Å². The van der Waals surface area contributed by atoms with Crippen molar-refractivity contribution in [3.8, 4) is 11.5 Å². The van der Waals surface area contributed by atoms with Crippen molar-refractivity contribution in [3.63, 3.8) is 0 Å². The van der Waals surface area contributed by atoms with Crippen molar-refractivity contribution in [2.24, 2.45) is 0 Å². The molecular formula is C13H18ClNO3. The summed E-state index contributed by atoms with van der Waals surface area (Å²) in [4.78, 5) is 0. The highest BCUT2D eigenvalue weighted by Gasteiger charge is 2.25. The quantitative estimate of drug-likeness (QED) is 0.914. The molecule has 5 heteroatoms. The predicted octanol–water partition coefficient (Wildman–Crippen LogP) is 2.95. The Morgan fingerprint density at radius 3 is 2.50 bits per heavy atom. The lowest BCUT2D eigenvalue weighted by Gasteiger charge is -2.19. The Balaban J connectivity index is 2.22. The Morgan fingerprint density at radius 2 is 1.94 bits per heavy atom. The third kappa shape index (κ3) is 2.65. The van der Waals surface area contributed by atoms with Gasteiger partial charge in [0.25, 0.3) is 0 Å². The van der Waals surface area contributed by atoms with E-state index >= 15 is 0 Å². The molecule has 0 spiro atoms. The maximum Gasteiger partial charge on any atom is 0.162 e. The van der Waals surface area contributed by atoms with Gasteiger partial charge in [-0.2, -0.15) is 0 Å². The maximum atomic E-state index is 6.22. The summed E-state index contributed by atoms with van der Waals surface area (Å²) in [6, 6.07) is 3.88. The molecular weight excluding hydrogens is 254 g/mol. The first kappa shape index (κ1) is 13.3. The van der Waals surface area contributed by atoms with E-state index in [0.717, 1.165) is 18.7 Å². The van der Waals surface area contributed by atoms with Crippen molar-refractivity contribution in [2.75, 3.05) is 26.1 Å². The molecule has 0 aromatic heterocycles. The molecule has 1 aliphatic rings. The van der Waals surface area contributed by atoms with Crippen LogP contribution in [0.2, 0.25) is 5.02 Å². The van der Waals surface area contributed by atoms with E-state index in [1.54, 1.807) is 20.3 Å². The number of halogens is 1. The van der Waals surface area contributed by atoms with Gasteiger partial charge >= 0.3 is 0 Å². The van der Waals surface area contributed by atoms with Crippen molar-refractivity contribution >= 4 is 17.3 Å². The van der Waals surface area contributed by atoms with Gasteiger partial charge in [-0.05, 0) is 13.3 Å². The largest absolute Gasteiger partial charge is 0.493 e. The third-order valence-corrected chi connectivity index (χ3v) is 3.50. The van der Waals surface area contributed by atoms with Crippen LogP contribution in [0.4, 0.5) is 5.69 Å². The molecule has 2 atom stereocenters. The second-order valence-electron chi connectivity index (χ2n) is 4.30. The monoisotopic (exact) mass is 271 g/mol. The summed E-state index contributed by atoms with van der Waals surface area (Å²) in [5.74, 6) is 1.29. The van der Waals surface area contributed by atoms with Gasteiger partial charge in [-0.25, -0.2) is 0 Å². The minimum atomic E-state index is 0.189. The lowest BCUT2D eigenvalue weighted by molar-refractivity contribution is 0.121. The van der Waals surface area contributed by atoms with E-state index in [4.69, 9.17) is 25.8 Å². The van der Waals surface area contributed by atoms with Crippen LogP contribution in [0.5, 0.6) is 11.5 Å². The average molecular weight is 272 g/mol. The zero-order valence-corrected chi connectivity index (χ0v) is 11.6. The molecule has 0 aliphatic carbocycles. The summed E-state index contributed by atoms with van der Waals surface area (Å²) in [5, 5.41) is 4.01. The zero-order valence-electron chi connectivity index (χ0n) is 10.8.